The number of anilines is 1. The minimum atomic E-state index is -0.734. The van der Waals surface area contributed by atoms with E-state index in [0.29, 0.717) is 6.42 Å². The molecule has 0 spiro atoms. The lowest BCUT2D eigenvalue weighted by molar-refractivity contribution is 0.0981. The third-order valence-electron chi connectivity index (χ3n) is 4.36. The first kappa shape index (κ1) is 19.4. The molecule has 0 atom stereocenters. The zero-order chi connectivity index (χ0) is 19.9. The van der Waals surface area contributed by atoms with Crippen molar-refractivity contribution in [2.75, 3.05) is 5.32 Å². The number of amides is 1. The van der Waals surface area contributed by atoms with Gasteiger partial charge in [-0.05, 0) is 48.7 Å². The van der Waals surface area contributed by atoms with Crippen LogP contribution in [0.25, 0.3) is 0 Å². The predicted octanol–water partition coefficient (Wildman–Crippen LogP) is 5.42. The normalized spacial score (nSPS) is 10.5. The Morgan fingerprint density at radius 1 is 0.821 bits per heavy atom. The molecule has 3 aromatic carbocycles. The molecule has 28 heavy (non-hydrogen) atoms. The standard InChI is InChI=1S/C23H19F2NO2/c24-17-13-14-19(22(27)12-6-9-16-7-2-1-3-8-16)21(15-17)26-23(28)18-10-4-5-11-20(18)25/h1-5,7-8,10-11,13-15H,6,9,12H2,(H,26,28). The first-order valence-corrected chi connectivity index (χ1v) is 8.97. The number of aryl methyl sites for hydroxylation is 1. The van der Waals surface area contributed by atoms with Crippen LogP contribution in [0.3, 0.4) is 0 Å². The van der Waals surface area contributed by atoms with E-state index in [-0.39, 0.29) is 29.0 Å². The zero-order valence-electron chi connectivity index (χ0n) is 15.1. The van der Waals surface area contributed by atoms with E-state index in [2.05, 4.69) is 5.32 Å². The molecular weight excluding hydrogens is 360 g/mol. The van der Waals surface area contributed by atoms with Gasteiger partial charge in [0, 0.05) is 12.0 Å². The van der Waals surface area contributed by atoms with E-state index in [1.54, 1.807) is 0 Å². The summed E-state index contributed by atoms with van der Waals surface area (Å²) in [7, 11) is 0. The first-order valence-electron chi connectivity index (χ1n) is 8.97. The molecule has 0 aliphatic carbocycles. The maximum Gasteiger partial charge on any atom is 0.258 e. The summed E-state index contributed by atoms with van der Waals surface area (Å²) in [4.78, 5) is 24.9. The Morgan fingerprint density at radius 3 is 2.29 bits per heavy atom. The molecule has 0 aromatic heterocycles. The number of carbonyl (C=O) groups is 2. The largest absolute Gasteiger partial charge is 0.321 e. The number of benzene rings is 3. The monoisotopic (exact) mass is 379 g/mol. The summed E-state index contributed by atoms with van der Waals surface area (Å²) in [5, 5.41) is 2.46. The van der Waals surface area contributed by atoms with E-state index < -0.39 is 17.5 Å². The van der Waals surface area contributed by atoms with Gasteiger partial charge in [0.2, 0.25) is 0 Å². The molecule has 142 valence electrons. The van der Waals surface area contributed by atoms with Crippen molar-refractivity contribution in [3.63, 3.8) is 0 Å². The van der Waals surface area contributed by atoms with Gasteiger partial charge in [0.15, 0.2) is 5.78 Å². The van der Waals surface area contributed by atoms with Crippen LogP contribution in [0.15, 0.2) is 72.8 Å². The highest BCUT2D eigenvalue weighted by molar-refractivity contribution is 6.09. The van der Waals surface area contributed by atoms with E-state index in [1.165, 1.54) is 30.3 Å². The van der Waals surface area contributed by atoms with E-state index in [4.69, 9.17) is 0 Å². The van der Waals surface area contributed by atoms with E-state index in [0.717, 1.165) is 24.1 Å². The van der Waals surface area contributed by atoms with Crippen LogP contribution in [0.4, 0.5) is 14.5 Å². The van der Waals surface area contributed by atoms with E-state index in [1.807, 2.05) is 30.3 Å². The molecule has 0 saturated carbocycles. The molecule has 0 fully saturated rings. The van der Waals surface area contributed by atoms with Crippen LogP contribution >= 0.6 is 0 Å². The highest BCUT2D eigenvalue weighted by atomic mass is 19.1. The van der Waals surface area contributed by atoms with Gasteiger partial charge in [-0.15, -0.1) is 0 Å². The molecule has 1 amide bonds. The van der Waals surface area contributed by atoms with Crippen LogP contribution in [0, 0.1) is 11.6 Å². The second-order valence-corrected chi connectivity index (χ2v) is 6.39. The molecule has 3 rings (SSSR count). The first-order chi connectivity index (χ1) is 13.5. The van der Waals surface area contributed by atoms with Crippen molar-refractivity contribution in [1.82, 2.24) is 0 Å². The number of carbonyl (C=O) groups excluding carboxylic acids is 2. The van der Waals surface area contributed by atoms with Crippen LogP contribution in [-0.2, 0) is 6.42 Å². The summed E-state index contributed by atoms with van der Waals surface area (Å²) in [6, 6.07) is 18.9. The molecule has 0 bridgehead atoms. The Kier molecular flexibility index (Phi) is 6.27. The minimum absolute atomic E-state index is 0.0398. The zero-order valence-corrected chi connectivity index (χ0v) is 15.1. The average molecular weight is 379 g/mol. The van der Waals surface area contributed by atoms with Gasteiger partial charge in [-0.3, -0.25) is 9.59 Å². The number of ketones is 1. The van der Waals surface area contributed by atoms with Crippen molar-refractivity contribution in [1.29, 1.82) is 0 Å². The van der Waals surface area contributed by atoms with E-state index in [9.17, 15) is 18.4 Å². The second-order valence-electron chi connectivity index (χ2n) is 6.39. The van der Waals surface area contributed by atoms with Gasteiger partial charge in [-0.25, -0.2) is 8.78 Å². The minimum Gasteiger partial charge on any atom is -0.321 e. The lowest BCUT2D eigenvalue weighted by atomic mass is 10.0. The Morgan fingerprint density at radius 2 is 1.54 bits per heavy atom. The van der Waals surface area contributed by atoms with Crippen molar-refractivity contribution in [3.05, 3.63) is 101 Å². The molecule has 0 aliphatic heterocycles. The van der Waals surface area contributed by atoms with Crippen molar-refractivity contribution < 1.29 is 18.4 Å². The Hall–Kier alpha value is -3.34. The fourth-order valence-electron chi connectivity index (χ4n) is 2.93. The summed E-state index contributed by atoms with van der Waals surface area (Å²) in [5.74, 6) is -2.22. The van der Waals surface area contributed by atoms with Crippen LogP contribution in [0.1, 0.15) is 39.1 Å². The molecular formula is C23H19F2NO2. The summed E-state index contributed by atoms with van der Waals surface area (Å²) in [5.41, 5.74) is 1.20. The Balaban J connectivity index is 1.72. The van der Waals surface area contributed by atoms with E-state index >= 15 is 0 Å². The fourth-order valence-corrected chi connectivity index (χ4v) is 2.93. The summed E-state index contributed by atoms with van der Waals surface area (Å²) in [6.45, 7) is 0. The van der Waals surface area contributed by atoms with Crippen molar-refractivity contribution >= 4 is 17.4 Å². The Labute approximate surface area is 162 Å². The van der Waals surface area contributed by atoms with Gasteiger partial charge < -0.3 is 5.32 Å². The van der Waals surface area contributed by atoms with Crippen LogP contribution < -0.4 is 5.32 Å². The van der Waals surface area contributed by atoms with Crippen molar-refractivity contribution in [3.8, 4) is 0 Å². The molecule has 3 nitrogen and oxygen atoms in total. The molecule has 0 radical (unpaired) electrons. The number of Topliss-reactive ketones (excluding diaryl/α,β-unsaturated/α-hetero) is 1. The number of halogens is 2. The molecule has 5 heteroatoms. The summed E-state index contributed by atoms with van der Waals surface area (Å²) in [6.07, 6.45) is 1.62. The molecule has 0 saturated heterocycles. The van der Waals surface area contributed by atoms with Gasteiger partial charge in [-0.1, -0.05) is 42.5 Å². The number of rotatable bonds is 7. The van der Waals surface area contributed by atoms with Gasteiger partial charge in [0.25, 0.3) is 5.91 Å². The highest BCUT2D eigenvalue weighted by Crippen LogP contribution is 2.21. The summed E-state index contributed by atoms with van der Waals surface area (Å²) < 4.78 is 27.5. The molecule has 0 heterocycles. The van der Waals surface area contributed by atoms with Gasteiger partial charge in [0.05, 0.1) is 11.3 Å². The second kappa shape index (κ2) is 9.04. The highest BCUT2D eigenvalue weighted by Gasteiger charge is 2.17. The van der Waals surface area contributed by atoms with Crippen LogP contribution in [0.2, 0.25) is 0 Å². The van der Waals surface area contributed by atoms with Gasteiger partial charge >= 0.3 is 0 Å². The van der Waals surface area contributed by atoms with Crippen LogP contribution in [0.5, 0.6) is 0 Å². The summed E-state index contributed by atoms with van der Waals surface area (Å²) >= 11 is 0. The lowest BCUT2D eigenvalue weighted by Crippen LogP contribution is -2.16. The van der Waals surface area contributed by atoms with Crippen LogP contribution in [-0.4, -0.2) is 11.7 Å². The maximum atomic E-state index is 13.8. The smallest absolute Gasteiger partial charge is 0.258 e. The predicted molar refractivity (Wildman–Crippen MR) is 104 cm³/mol. The van der Waals surface area contributed by atoms with Gasteiger partial charge in [-0.2, -0.15) is 0 Å². The number of hydrogen-bond donors (Lipinski definition) is 1. The molecule has 1 N–H and O–H groups in total. The maximum absolute atomic E-state index is 13.8. The topological polar surface area (TPSA) is 46.2 Å². The fraction of sp³-hybridized carbons (Fsp3) is 0.130. The third-order valence-corrected chi connectivity index (χ3v) is 4.36. The van der Waals surface area contributed by atoms with Crippen molar-refractivity contribution in [2.24, 2.45) is 0 Å². The molecule has 0 unspecified atom stereocenters. The Bertz CT molecular complexity index is 987. The SMILES string of the molecule is O=C(Nc1cc(F)ccc1C(=O)CCCc1ccccc1)c1ccccc1F. The number of nitrogens with one attached hydrogen (secondary N) is 1. The quantitative estimate of drug-likeness (QED) is 0.557. The number of hydrogen-bond acceptors (Lipinski definition) is 2. The van der Waals surface area contributed by atoms with Gasteiger partial charge in [0.1, 0.15) is 11.6 Å². The van der Waals surface area contributed by atoms with Crippen molar-refractivity contribution in [2.45, 2.75) is 19.3 Å². The molecule has 3 aromatic rings. The lowest BCUT2D eigenvalue weighted by Gasteiger charge is -2.11. The molecule has 0 aliphatic rings. The average Bonchev–Trinajstić information content (AvgIpc) is 2.69. The third kappa shape index (κ3) is 4.88.